The predicted molar refractivity (Wildman–Crippen MR) is 83.2 cm³/mol. The van der Waals surface area contributed by atoms with Gasteiger partial charge in [0.25, 0.3) is 0 Å². The number of hydrogen-bond donors (Lipinski definition) is 1. The van der Waals surface area contributed by atoms with Crippen molar-refractivity contribution in [3.8, 4) is 0 Å². The minimum Gasteiger partial charge on any atom is -0.324 e. The predicted octanol–water partition coefficient (Wildman–Crippen LogP) is 3.33. The van der Waals surface area contributed by atoms with Crippen molar-refractivity contribution in [2.45, 2.75) is 44.9 Å². The maximum atomic E-state index is 12.2. The van der Waals surface area contributed by atoms with Crippen molar-refractivity contribution in [1.82, 2.24) is 0 Å². The molecule has 4 nitrogen and oxygen atoms in total. The van der Waals surface area contributed by atoms with Gasteiger partial charge in [-0.3, -0.25) is 9.59 Å². The molecule has 1 aromatic carbocycles. The van der Waals surface area contributed by atoms with E-state index in [0.29, 0.717) is 18.8 Å². The molecule has 0 atom stereocenters. The molecule has 3 rings (SSSR count). The molecule has 0 spiro atoms. The Kier molecular flexibility index (Phi) is 4.23. The highest BCUT2D eigenvalue weighted by Gasteiger charge is 2.24. The Bertz CT molecular complexity index is 535. The van der Waals surface area contributed by atoms with Gasteiger partial charge in [-0.25, -0.2) is 0 Å². The molecular weight excluding hydrogens is 264 g/mol. The van der Waals surface area contributed by atoms with Gasteiger partial charge in [-0.2, -0.15) is 0 Å². The molecule has 4 heteroatoms. The van der Waals surface area contributed by atoms with Crippen LogP contribution in [0.15, 0.2) is 24.3 Å². The molecule has 0 unspecified atom stereocenters. The van der Waals surface area contributed by atoms with Gasteiger partial charge in [-0.15, -0.1) is 0 Å². The normalized spacial score (nSPS) is 19.2. The molecule has 0 aromatic heterocycles. The van der Waals surface area contributed by atoms with Gasteiger partial charge in [0.2, 0.25) is 11.8 Å². The van der Waals surface area contributed by atoms with Crippen LogP contribution >= 0.6 is 0 Å². The number of para-hydroxylation sites is 2. The summed E-state index contributed by atoms with van der Waals surface area (Å²) in [7, 11) is 0. The zero-order chi connectivity index (χ0) is 14.7. The van der Waals surface area contributed by atoms with Crippen LogP contribution in [0.25, 0.3) is 0 Å². The lowest BCUT2D eigenvalue weighted by molar-refractivity contribution is -0.118. The Morgan fingerprint density at radius 3 is 2.67 bits per heavy atom. The maximum Gasteiger partial charge on any atom is 0.227 e. The van der Waals surface area contributed by atoms with Gasteiger partial charge in [-0.1, -0.05) is 25.0 Å². The fourth-order valence-corrected chi connectivity index (χ4v) is 3.40. The quantitative estimate of drug-likeness (QED) is 0.923. The van der Waals surface area contributed by atoms with E-state index in [-0.39, 0.29) is 11.8 Å². The van der Waals surface area contributed by atoms with Crippen molar-refractivity contribution >= 4 is 23.2 Å². The standard InChI is InChI=1S/C17H22N2O2/c20-16(12-13-6-1-2-7-13)18-14-8-3-4-9-15(14)19-11-5-10-17(19)21/h3-4,8-9,13H,1-2,5-7,10-12H2,(H,18,20). The number of carbonyl (C=O) groups is 2. The second-order valence-corrected chi connectivity index (χ2v) is 6.07. The van der Waals surface area contributed by atoms with Crippen LogP contribution in [-0.4, -0.2) is 18.4 Å². The molecule has 112 valence electrons. The van der Waals surface area contributed by atoms with Crippen LogP contribution in [0.3, 0.4) is 0 Å². The Balaban J connectivity index is 1.69. The van der Waals surface area contributed by atoms with E-state index in [1.807, 2.05) is 24.3 Å². The van der Waals surface area contributed by atoms with E-state index >= 15 is 0 Å². The molecule has 1 heterocycles. The lowest BCUT2D eigenvalue weighted by Crippen LogP contribution is -2.25. The summed E-state index contributed by atoms with van der Waals surface area (Å²) in [5.41, 5.74) is 1.59. The molecule has 2 aliphatic rings. The number of benzene rings is 1. The first kappa shape index (κ1) is 14.1. The zero-order valence-electron chi connectivity index (χ0n) is 12.3. The fraction of sp³-hybridized carbons (Fsp3) is 0.529. The zero-order valence-corrected chi connectivity index (χ0v) is 12.3. The van der Waals surface area contributed by atoms with Gasteiger partial charge in [-0.05, 0) is 37.3 Å². The van der Waals surface area contributed by atoms with Crippen LogP contribution in [0.4, 0.5) is 11.4 Å². The molecule has 0 radical (unpaired) electrons. The van der Waals surface area contributed by atoms with E-state index in [0.717, 1.165) is 24.3 Å². The van der Waals surface area contributed by atoms with Gasteiger partial charge in [0.1, 0.15) is 0 Å². The number of rotatable bonds is 4. The average Bonchev–Trinajstić information content (AvgIpc) is 3.11. The van der Waals surface area contributed by atoms with Crippen LogP contribution in [0.5, 0.6) is 0 Å². The van der Waals surface area contributed by atoms with E-state index in [4.69, 9.17) is 0 Å². The molecule has 1 aliphatic carbocycles. The number of amides is 2. The number of carbonyl (C=O) groups excluding carboxylic acids is 2. The third-order valence-electron chi connectivity index (χ3n) is 4.49. The Morgan fingerprint density at radius 2 is 1.95 bits per heavy atom. The first-order valence-electron chi connectivity index (χ1n) is 7.93. The third kappa shape index (κ3) is 3.26. The average molecular weight is 286 g/mol. The minimum atomic E-state index is 0.0704. The summed E-state index contributed by atoms with van der Waals surface area (Å²) in [6, 6.07) is 7.60. The second kappa shape index (κ2) is 6.29. The van der Waals surface area contributed by atoms with Crippen molar-refractivity contribution in [2.24, 2.45) is 5.92 Å². The SMILES string of the molecule is O=C(CC1CCCC1)Nc1ccccc1N1CCCC1=O. The van der Waals surface area contributed by atoms with Crippen molar-refractivity contribution < 1.29 is 9.59 Å². The van der Waals surface area contributed by atoms with Crippen LogP contribution in [0.1, 0.15) is 44.9 Å². The van der Waals surface area contributed by atoms with Gasteiger partial charge in [0.15, 0.2) is 0 Å². The maximum absolute atomic E-state index is 12.2. The number of nitrogens with zero attached hydrogens (tertiary/aromatic N) is 1. The lowest BCUT2D eigenvalue weighted by Gasteiger charge is -2.20. The summed E-state index contributed by atoms with van der Waals surface area (Å²) in [5.74, 6) is 0.749. The summed E-state index contributed by atoms with van der Waals surface area (Å²) >= 11 is 0. The summed E-state index contributed by atoms with van der Waals surface area (Å²) in [4.78, 5) is 25.9. The second-order valence-electron chi connectivity index (χ2n) is 6.07. The van der Waals surface area contributed by atoms with Crippen molar-refractivity contribution in [2.75, 3.05) is 16.8 Å². The molecule has 1 aromatic rings. The molecule has 1 N–H and O–H groups in total. The van der Waals surface area contributed by atoms with Crippen molar-refractivity contribution in [3.63, 3.8) is 0 Å². The molecule has 21 heavy (non-hydrogen) atoms. The summed E-state index contributed by atoms with van der Waals surface area (Å²) in [6.45, 7) is 0.744. The van der Waals surface area contributed by atoms with Gasteiger partial charge >= 0.3 is 0 Å². The molecular formula is C17H22N2O2. The minimum absolute atomic E-state index is 0.0704. The van der Waals surface area contributed by atoms with E-state index < -0.39 is 0 Å². The van der Waals surface area contributed by atoms with E-state index in [9.17, 15) is 9.59 Å². The van der Waals surface area contributed by atoms with Crippen LogP contribution in [0.2, 0.25) is 0 Å². The van der Waals surface area contributed by atoms with Gasteiger partial charge < -0.3 is 10.2 Å². The number of anilines is 2. The highest BCUT2D eigenvalue weighted by Crippen LogP contribution is 2.31. The van der Waals surface area contributed by atoms with E-state index in [2.05, 4.69) is 5.32 Å². The first-order valence-corrected chi connectivity index (χ1v) is 7.93. The van der Waals surface area contributed by atoms with Crippen LogP contribution in [0, 0.1) is 5.92 Å². The fourth-order valence-electron chi connectivity index (χ4n) is 3.40. The summed E-state index contributed by atoms with van der Waals surface area (Å²) in [5, 5.41) is 3.00. The Labute approximate surface area is 125 Å². The van der Waals surface area contributed by atoms with E-state index in [1.165, 1.54) is 25.7 Å². The molecule has 1 saturated heterocycles. The number of hydrogen-bond acceptors (Lipinski definition) is 2. The molecule has 2 fully saturated rings. The third-order valence-corrected chi connectivity index (χ3v) is 4.49. The molecule has 1 saturated carbocycles. The van der Waals surface area contributed by atoms with Crippen LogP contribution < -0.4 is 10.2 Å². The largest absolute Gasteiger partial charge is 0.324 e. The molecule has 0 bridgehead atoms. The smallest absolute Gasteiger partial charge is 0.227 e. The molecule has 1 aliphatic heterocycles. The molecule has 2 amide bonds. The topological polar surface area (TPSA) is 49.4 Å². The first-order chi connectivity index (χ1) is 10.2. The highest BCUT2D eigenvalue weighted by atomic mass is 16.2. The van der Waals surface area contributed by atoms with Crippen LogP contribution in [-0.2, 0) is 9.59 Å². The lowest BCUT2D eigenvalue weighted by atomic mass is 10.0. The summed E-state index contributed by atoms with van der Waals surface area (Å²) < 4.78 is 0. The van der Waals surface area contributed by atoms with Gasteiger partial charge in [0, 0.05) is 19.4 Å². The summed E-state index contributed by atoms with van der Waals surface area (Å²) in [6.07, 6.45) is 6.92. The Hall–Kier alpha value is -1.84. The number of nitrogens with one attached hydrogen (secondary N) is 1. The van der Waals surface area contributed by atoms with Crippen molar-refractivity contribution in [1.29, 1.82) is 0 Å². The van der Waals surface area contributed by atoms with E-state index in [1.54, 1.807) is 4.90 Å². The Morgan fingerprint density at radius 1 is 1.19 bits per heavy atom. The highest BCUT2D eigenvalue weighted by molar-refractivity contribution is 6.02. The van der Waals surface area contributed by atoms with Crippen molar-refractivity contribution in [3.05, 3.63) is 24.3 Å². The van der Waals surface area contributed by atoms with Gasteiger partial charge in [0.05, 0.1) is 11.4 Å². The monoisotopic (exact) mass is 286 g/mol.